The molecule has 0 aliphatic carbocycles. The van der Waals surface area contributed by atoms with Gasteiger partial charge in [-0.05, 0) is 6.42 Å². The van der Waals surface area contributed by atoms with Crippen LogP contribution < -0.4 is 0 Å². The van der Waals surface area contributed by atoms with Gasteiger partial charge in [-0.3, -0.25) is 0 Å². The van der Waals surface area contributed by atoms with Crippen LogP contribution in [-0.4, -0.2) is 18.5 Å². The van der Waals surface area contributed by atoms with E-state index in [-0.39, 0.29) is 7.38 Å². The van der Waals surface area contributed by atoms with Gasteiger partial charge in [-0.25, -0.2) is 0 Å². The average molecular weight is 161 g/mol. The first kappa shape index (κ1) is 7.66. The summed E-state index contributed by atoms with van der Waals surface area (Å²) in [6.07, 6.45) is 8.06. The van der Waals surface area contributed by atoms with Gasteiger partial charge in [0, 0.05) is 13.5 Å². The number of hydrogen-bond acceptors (Lipinski definition) is 0. The zero-order valence-electron chi connectivity index (χ0n) is 5.80. The molecule has 0 spiro atoms. The van der Waals surface area contributed by atoms with Crippen molar-refractivity contribution in [3.8, 4) is 0 Å². The van der Waals surface area contributed by atoms with Crippen LogP contribution in [0.1, 0.15) is 19.8 Å². The SMILES string of the molecule is C=[P+]1[N-]C(C)CCCP1. The minimum absolute atomic E-state index is 0.155. The lowest BCUT2D eigenvalue weighted by Crippen LogP contribution is -1.94. The normalized spacial score (nSPS) is 36.6. The lowest BCUT2D eigenvalue weighted by Gasteiger charge is -2.15. The fourth-order valence-corrected chi connectivity index (χ4v) is 4.32. The monoisotopic (exact) mass is 161 g/mol. The fourth-order valence-electron chi connectivity index (χ4n) is 0.942. The first-order valence-corrected chi connectivity index (χ1v) is 6.87. The maximum Gasteiger partial charge on any atom is 0.0840 e. The third-order valence-electron chi connectivity index (χ3n) is 1.43. The highest BCUT2D eigenvalue weighted by Gasteiger charge is 2.05. The van der Waals surface area contributed by atoms with Crippen molar-refractivity contribution in [2.45, 2.75) is 25.8 Å². The van der Waals surface area contributed by atoms with Crippen molar-refractivity contribution >= 4 is 22.0 Å². The zero-order chi connectivity index (χ0) is 6.69. The van der Waals surface area contributed by atoms with Crippen molar-refractivity contribution in [3.05, 3.63) is 5.09 Å². The molecule has 3 heteroatoms. The van der Waals surface area contributed by atoms with E-state index in [9.17, 15) is 0 Å². The smallest absolute Gasteiger partial charge is 0.0840 e. The third-order valence-corrected chi connectivity index (χ3v) is 5.16. The van der Waals surface area contributed by atoms with Gasteiger partial charge in [0.25, 0.3) is 0 Å². The second-order valence-electron chi connectivity index (χ2n) is 2.41. The molecule has 9 heavy (non-hydrogen) atoms. The predicted octanol–water partition coefficient (Wildman–Crippen LogP) is 2.96. The van der Waals surface area contributed by atoms with E-state index in [1.165, 1.54) is 19.0 Å². The van der Waals surface area contributed by atoms with Crippen LogP contribution in [0.5, 0.6) is 0 Å². The first-order valence-electron chi connectivity index (χ1n) is 3.34. The minimum atomic E-state index is -0.155. The van der Waals surface area contributed by atoms with Crippen LogP contribution in [0.25, 0.3) is 5.09 Å². The standard InChI is InChI=1S/C6H13NP2/c1-6-4-3-5-8-9(2)7-6/h6,8H,2-5H2,1H3. The Labute approximate surface area is 59.7 Å². The van der Waals surface area contributed by atoms with Crippen LogP contribution in [0.3, 0.4) is 0 Å². The van der Waals surface area contributed by atoms with Gasteiger partial charge in [-0.15, -0.1) is 6.04 Å². The first-order chi connectivity index (χ1) is 4.29. The van der Waals surface area contributed by atoms with Crippen LogP contribution in [0.4, 0.5) is 0 Å². The molecule has 0 amide bonds. The summed E-state index contributed by atoms with van der Waals surface area (Å²) >= 11 is 0. The summed E-state index contributed by atoms with van der Waals surface area (Å²) in [6, 6.07) is 0.601. The van der Waals surface area contributed by atoms with E-state index in [2.05, 4.69) is 18.3 Å². The van der Waals surface area contributed by atoms with Crippen LogP contribution in [0.2, 0.25) is 0 Å². The van der Waals surface area contributed by atoms with Gasteiger partial charge in [0.15, 0.2) is 0 Å². The van der Waals surface area contributed by atoms with E-state index in [1.807, 2.05) is 0 Å². The Morgan fingerprint density at radius 2 is 2.56 bits per heavy atom. The molecule has 3 unspecified atom stereocenters. The summed E-state index contributed by atoms with van der Waals surface area (Å²) in [7, 11) is 0.887. The average Bonchev–Trinajstić information content (AvgIpc) is 1.93. The van der Waals surface area contributed by atoms with E-state index in [4.69, 9.17) is 0 Å². The summed E-state index contributed by atoms with van der Waals surface area (Å²) in [4.78, 5) is 0. The lowest BCUT2D eigenvalue weighted by molar-refractivity contribution is 0.732. The van der Waals surface area contributed by atoms with Gasteiger partial charge < -0.3 is 5.09 Å². The molecule has 0 N–H and O–H groups in total. The molecule has 1 rings (SSSR count). The van der Waals surface area contributed by atoms with Crippen molar-refractivity contribution in [1.29, 1.82) is 0 Å². The summed E-state index contributed by atoms with van der Waals surface area (Å²) in [5.74, 6) is 0. The Bertz CT molecular complexity index is 114. The molecule has 0 radical (unpaired) electrons. The molecule has 1 aliphatic heterocycles. The third kappa shape index (κ3) is 2.76. The predicted molar refractivity (Wildman–Crippen MR) is 49.3 cm³/mol. The topological polar surface area (TPSA) is 14.1 Å². The molecule has 1 heterocycles. The molecule has 0 saturated carbocycles. The minimum Gasteiger partial charge on any atom is -0.436 e. The van der Waals surface area contributed by atoms with E-state index in [0.717, 1.165) is 8.27 Å². The van der Waals surface area contributed by atoms with Crippen LogP contribution in [-0.2, 0) is 0 Å². The van der Waals surface area contributed by atoms with Crippen molar-refractivity contribution in [2.24, 2.45) is 0 Å². The molecule has 3 atom stereocenters. The quantitative estimate of drug-likeness (QED) is 0.485. The Morgan fingerprint density at radius 3 is 3.33 bits per heavy atom. The van der Waals surface area contributed by atoms with Gasteiger partial charge in [-0.2, -0.15) is 0 Å². The summed E-state index contributed by atoms with van der Waals surface area (Å²) in [6.45, 7) is 2.20. The molecule has 0 aromatic carbocycles. The molecular weight excluding hydrogens is 148 g/mol. The van der Waals surface area contributed by atoms with Crippen molar-refractivity contribution < 1.29 is 0 Å². The second-order valence-corrected chi connectivity index (χ2v) is 6.76. The number of rotatable bonds is 0. The van der Waals surface area contributed by atoms with Crippen LogP contribution in [0.15, 0.2) is 0 Å². The highest BCUT2D eigenvalue weighted by Crippen LogP contribution is 2.53. The summed E-state index contributed by atoms with van der Waals surface area (Å²) < 4.78 is 0. The molecule has 1 saturated heterocycles. The molecule has 1 nitrogen and oxygen atoms in total. The largest absolute Gasteiger partial charge is 0.436 e. The lowest BCUT2D eigenvalue weighted by atomic mass is 10.2. The van der Waals surface area contributed by atoms with Crippen LogP contribution >= 0.6 is 15.7 Å². The molecule has 1 fully saturated rings. The van der Waals surface area contributed by atoms with Crippen molar-refractivity contribution in [2.75, 3.05) is 6.16 Å². The molecule has 52 valence electrons. The van der Waals surface area contributed by atoms with E-state index in [0.29, 0.717) is 6.04 Å². The highest BCUT2D eigenvalue weighted by atomic mass is 32.0. The van der Waals surface area contributed by atoms with E-state index < -0.39 is 0 Å². The van der Waals surface area contributed by atoms with Gasteiger partial charge in [0.1, 0.15) is 0 Å². The number of hydrogen-bond donors (Lipinski definition) is 0. The molecule has 0 aromatic heterocycles. The fraction of sp³-hybridized carbons (Fsp3) is 0.833. The van der Waals surface area contributed by atoms with Gasteiger partial charge in [0.2, 0.25) is 0 Å². The second kappa shape index (κ2) is 3.66. The molecule has 0 aromatic rings. The summed E-state index contributed by atoms with van der Waals surface area (Å²) in [5.41, 5.74) is 0. The Kier molecular flexibility index (Phi) is 3.12. The zero-order valence-corrected chi connectivity index (χ0v) is 7.69. The van der Waals surface area contributed by atoms with E-state index in [1.54, 1.807) is 0 Å². The number of nitrogens with zero attached hydrogens (tertiary/aromatic N) is 1. The molecular formula is C6H13NP2. The molecule has 0 bridgehead atoms. The van der Waals surface area contributed by atoms with Crippen molar-refractivity contribution in [1.82, 2.24) is 0 Å². The van der Waals surface area contributed by atoms with Crippen LogP contribution in [0, 0.1) is 0 Å². The molecule has 1 aliphatic rings. The maximum absolute atomic E-state index is 4.54. The van der Waals surface area contributed by atoms with Crippen molar-refractivity contribution in [3.63, 3.8) is 0 Å². The van der Waals surface area contributed by atoms with Gasteiger partial charge >= 0.3 is 0 Å². The highest BCUT2D eigenvalue weighted by molar-refractivity contribution is 8.21. The Hall–Kier alpha value is 0.560. The van der Waals surface area contributed by atoms with E-state index >= 15 is 0 Å². The Morgan fingerprint density at radius 1 is 1.78 bits per heavy atom. The maximum atomic E-state index is 4.54. The summed E-state index contributed by atoms with van der Waals surface area (Å²) in [5, 5.41) is 4.54. The Balaban J connectivity index is 2.37. The van der Waals surface area contributed by atoms with Gasteiger partial charge in [0.05, 0.1) is 14.6 Å². The van der Waals surface area contributed by atoms with Gasteiger partial charge in [-0.1, -0.05) is 13.3 Å².